The van der Waals surface area contributed by atoms with Gasteiger partial charge in [-0.2, -0.15) is 5.10 Å². The molecular weight excluding hydrogens is 396 g/mol. The van der Waals surface area contributed by atoms with Crippen molar-refractivity contribution in [2.45, 2.75) is 32.7 Å². The average molecular weight is 421 g/mol. The maximum absolute atomic E-state index is 12.8. The van der Waals surface area contributed by atoms with Crippen molar-refractivity contribution < 1.29 is 19.1 Å². The molecule has 2 heterocycles. The van der Waals surface area contributed by atoms with Gasteiger partial charge in [0.15, 0.2) is 0 Å². The lowest BCUT2D eigenvalue weighted by Crippen LogP contribution is -2.46. The highest BCUT2D eigenvalue weighted by atomic mass is 35.5. The minimum Gasteiger partial charge on any atom is -0.492 e. The molecule has 0 bridgehead atoms. The van der Waals surface area contributed by atoms with Crippen LogP contribution in [0.3, 0.4) is 0 Å². The van der Waals surface area contributed by atoms with Crippen molar-refractivity contribution in [3.8, 4) is 17.0 Å². The lowest BCUT2D eigenvalue weighted by atomic mass is 10.0. The van der Waals surface area contributed by atoms with Gasteiger partial charge in [-0.15, -0.1) is 0 Å². The van der Waals surface area contributed by atoms with Gasteiger partial charge < -0.3 is 19.7 Å². The van der Waals surface area contributed by atoms with E-state index in [9.17, 15) is 9.59 Å². The summed E-state index contributed by atoms with van der Waals surface area (Å²) in [6, 6.07) is 5.34. The molecule has 1 fully saturated rings. The molecule has 0 atom stereocenters. The number of nitrogens with zero attached hydrogens (tertiary/aromatic N) is 2. The summed E-state index contributed by atoms with van der Waals surface area (Å²) in [6.07, 6.45) is 2.55. The first-order valence-electron chi connectivity index (χ1n) is 9.72. The van der Waals surface area contributed by atoms with Gasteiger partial charge in [0, 0.05) is 24.7 Å². The highest BCUT2D eigenvalue weighted by Crippen LogP contribution is 2.31. The topological polar surface area (TPSA) is 96.5 Å². The van der Waals surface area contributed by atoms with Crippen LogP contribution in [0.4, 0.5) is 4.79 Å². The van der Waals surface area contributed by atoms with E-state index in [1.54, 1.807) is 24.0 Å². The first kappa shape index (κ1) is 21.0. The molecule has 0 radical (unpaired) electrons. The van der Waals surface area contributed by atoms with Crippen LogP contribution in [0.1, 0.15) is 37.0 Å². The third-order valence-electron chi connectivity index (χ3n) is 4.76. The van der Waals surface area contributed by atoms with E-state index in [0.717, 1.165) is 5.56 Å². The molecule has 0 unspecified atom stereocenters. The number of hydrogen-bond donors (Lipinski definition) is 2. The number of carbonyl (C=O) groups is 2. The third kappa shape index (κ3) is 5.00. The number of amides is 2. The van der Waals surface area contributed by atoms with E-state index in [4.69, 9.17) is 21.1 Å². The number of rotatable bonds is 6. The Morgan fingerprint density at radius 1 is 1.28 bits per heavy atom. The zero-order chi connectivity index (χ0) is 20.8. The molecule has 0 spiro atoms. The third-order valence-corrected chi connectivity index (χ3v) is 5.06. The predicted octanol–water partition coefficient (Wildman–Crippen LogP) is 3.48. The Morgan fingerprint density at radius 3 is 2.69 bits per heavy atom. The second-order valence-electron chi connectivity index (χ2n) is 6.67. The Balaban J connectivity index is 1.64. The minimum absolute atomic E-state index is 0.0140. The highest BCUT2D eigenvalue weighted by molar-refractivity contribution is 6.32. The van der Waals surface area contributed by atoms with E-state index in [2.05, 4.69) is 15.5 Å². The molecule has 2 aromatic rings. The first-order valence-corrected chi connectivity index (χ1v) is 10.1. The van der Waals surface area contributed by atoms with Crippen molar-refractivity contribution in [2.75, 3.05) is 26.3 Å². The van der Waals surface area contributed by atoms with Crippen LogP contribution in [0.25, 0.3) is 11.3 Å². The molecule has 2 N–H and O–H groups in total. The zero-order valence-corrected chi connectivity index (χ0v) is 17.3. The van der Waals surface area contributed by atoms with Gasteiger partial charge in [-0.1, -0.05) is 11.6 Å². The first-order chi connectivity index (χ1) is 14.0. The minimum atomic E-state index is -0.304. The zero-order valence-electron chi connectivity index (χ0n) is 16.5. The largest absolute Gasteiger partial charge is 0.492 e. The Kier molecular flexibility index (Phi) is 6.98. The number of aromatic nitrogens is 2. The van der Waals surface area contributed by atoms with E-state index in [-0.39, 0.29) is 18.0 Å². The number of hydrogen-bond acceptors (Lipinski definition) is 5. The number of piperidine rings is 1. The van der Waals surface area contributed by atoms with Crippen LogP contribution >= 0.6 is 11.6 Å². The summed E-state index contributed by atoms with van der Waals surface area (Å²) in [5.41, 5.74) is 1.78. The predicted molar refractivity (Wildman–Crippen MR) is 109 cm³/mol. The van der Waals surface area contributed by atoms with Gasteiger partial charge in [0.1, 0.15) is 5.75 Å². The molecule has 1 aliphatic rings. The average Bonchev–Trinajstić information content (AvgIpc) is 3.20. The molecule has 8 nitrogen and oxygen atoms in total. The fourth-order valence-corrected chi connectivity index (χ4v) is 3.53. The van der Waals surface area contributed by atoms with Gasteiger partial charge in [-0.3, -0.25) is 9.89 Å². The fraction of sp³-hybridized carbons (Fsp3) is 0.450. The SMILES string of the molecule is CCOC(=O)N1CCC(NC(=O)c2cn[nH]c2-c2ccc(OCC)c(Cl)c2)CC1. The smallest absolute Gasteiger partial charge is 0.409 e. The summed E-state index contributed by atoms with van der Waals surface area (Å²) >= 11 is 6.27. The van der Waals surface area contributed by atoms with Crippen LogP contribution in [0.15, 0.2) is 24.4 Å². The number of ether oxygens (including phenoxy) is 2. The van der Waals surface area contributed by atoms with Crippen LogP contribution in [-0.2, 0) is 4.74 Å². The summed E-state index contributed by atoms with van der Waals surface area (Å²) in [7, 11) is 0. The molecule has 9 heteroatoms. The summed E-state index contributed by atoms with van der Waals surface area (Å²) < 4.78 is 10.5. The van der Waals surface area contributed by atoms with Crippen molar-refractivity contribution in [2.24, 2.45) is 0 Å². The van der Waals surface area contributed by atoms with Gasteiger partial charge in [0.05, 0.1) is 35.7 Å². The standard InChI is InChI=1S/C20H25ClN4O4/c1-3-28-17-6-5-13(11-16(17)21)18-15(12-22-24-18)19(26)23-14-7-9-25(10-8-14)20(27)29-4-2/h5-6,11-12,14H,3-4,7-10H2,1-2H3,(H,22,24)(H,23,26). The fourth-order valence-electron chi connectivity index (χ4n) is 3.29. The number of nitrogens with one attached hydrogen (secondary N) is 2. The van der Waals surface area contributed by atoms with Crippen LogP contribution < -0.4 is 10.1 Å². The highest BCUT2D eigenvalue weighted by Gasteiger charge is 2.26. The molecule has 0 aliphatic carbocycles. The number of carbonyl (C=O) groups excluding carboxylic acids is 2. The lowest BCUT2D eigenvalue weighted by molar-refractivity contribution is 0.0860. The molecule has 2 amide bonds. The van der Waals surface area contributed by atoms with Crippen molar-refractivity contribution in [1.29, 1.82) is 0 Å². The quantitative estimate of drug-likeness (QED) is 0.745. The number of benzene rings is 1. The Morgan fingerprint density at radius 2 is 2.03 bits per heavy atom. The van der Waals surface area contributed by atoms with Gasteiger partial charge in [-0.25, -0.2) is 4.79 Å². The molecule has 29 heavy (non-hydrogen) atoms. The molecule has 3 rings (SSSR count). The Hall–Kier alpha value is -2.74. The van der Waals surface area contributed by atoms with Gasteiger partial charge >= 0.3 is 6.09 Å². The van der Waals surface area contributed by atoms with E-state index in [1.807, 2.05) is 13.0 Å². The maximum atomic E-state index is 12.8. The molecule has 1 aromatic heterocycles. The molecule has 1 aliphatic heterocycles. The number of aromatic amines is 1. The summed E-state index contributed by atoms with van der Waals surface area (Å²) in [6.45, 7) is 5.65. The molecule has 1 saturated heterocycles. The van der Waals surface area contributed by atoms with Crippen molar-refractivity contribution in [3.05, 3.63) is 35.0 Å². The number of halogens is 1. The van der Waals surface area contributed by atoms with Crippen molar-refractivity contribution in [3.63, 3.8) is 0 Å². The lowest BCUT2D eigenvalue weighted by Gasteiger charge is -2.31. The maximum Gasteiger partial charge on any atom is 0.409 e. The summed E-state index contributed by atoms with van der Waals surface area (Å²) in [5.74, 6) is 0.380. The van der Waals surface area contributed by atoms with E-state index in [0.29, 0.717) is 61.2 Å². The molecule has 156 valence electrons. The monoisotopic (exact) mass is 420 g/mol. The normalized spacial score (nSPS) is 14.5. The number of likely N-dealkylation sites (tertiary alicyclic amines) is 1. The van der Waals surface area contributed by atoms with Crippen LogP contribution in [0.2, 0.25) is 5.02 Å². The molecule has 1 aromatic carbocycles. The second-order valence-corrected chi connectivity index (χ2v) is 7.08. The second kappa shape index (κ2) is 9.65. The van der Waals surface area contributed by atoms with Crippen LogP contribution in [-0.4, -0.2) is 59.4 Å². The van der Waals surface area contributed by atoms with Crippen molar-refractivity contribution in [1.82, 2.24) is 20.4 Å². The molecular formula is C20H25ClN4O4. The Bertz CT molecular complexity index is 862. The molecule has 0 saturated carbocycles. The number of H-pyrrole nitrogens is 1. The van der Waals surface area contributed by atoms with E-state index >= 15 is 0 Å². The van der Waals surface area contributed by atoms with Crippen LogP contribution in [0.5, 0.6) is 5.75 Å². The van der Waals surface area contributed by atoms with E-state index < -0.39 is 0 Å². The summed E-state index contributed by atoms with van der Waals surface area (Å²) in [4.78, 5) is 26.3. The van der Waals surface area contributed by atoms with Gasteiger partial charge in [-0.05, 0) is 44.9 Å². The van der Waals surface area contributed by atoms with Crippen LogP contribution in [0, 0.1) is 0 Å². The van der Waals surface area contributed by atoms with Gasteiger partial charge in [0.2, 0.25) is 0 Å². The van der Waals surface area contributed by atoms with E-state index in [1.165, 1.54) is 6.20 Å². The Labute approximate surface area is 174 Å². The van der Waals surface area contributed by atoms with Crippen molar-refractivity contribution >= 4 is 23.6 Å². The van der Waals surface area contributed by atoms with Gasteiger partial charge in [0.25, 0.3) is 5.91 Å². The summed E-state index contributed by atoms with van der Waals surface area (Å²) in [5, 5.41) is 10.4.